The normalized spacial score (nSPS) is 10.1. The zero-order chi connectivity index (χ0) is 14.4. The molecule has 1 aromatic heterocycles. The molecule has 0 saturated carbocycles. The summed E-state index contributed by atoms with van der Waals surface area (Å²) in [6.45, 7) is 5.58. The van der Waals surface area contributed by atoms with Crippen LogP contribution < -0.4 is 10.1 Å². The van der Waals surface area contributed by atoms with Crippen LogP contribution in [0.3, 0.4) is 0 Å². The molecule has 2 rings (SSSR count). The van der Waals surface area contributed by atoms with Crippen LogP contribution in [0.4, 0.5) is 5.69 Å². The molecule has 1 N–H and O–H groups in total. The molecule has 0 spiro atoms. The highest BCUT2D eigenvalue weighted by Gasteiger charge is 2.05. The van der Waals surface area contributed by atoms with Gasteiger partial charge in [0.05, 0.1) is 12.3 Å². The molecule has 0 radical (unpaired) electrons. The summed E-state index contributed by atoms with van der Waals surface area (Å²) in [5.74, 6) is 0.893. The fraction of sp³-hybridized carbons (Fsp3) is 0.312. The molecule has 20 heavy (non-hydrogen) atoms. The van der Waals surface area contributed by atoms with Crippen molar-refractivity contribution in [2.45, 2.75) is 26.8 Å². The first-order valence-corrected chi connectivity index (χ1v) is 7.50. The topological polar surface area (TPSA) is 45.0 Å². The summed E-state index contributed by atoms with van der Waals surface area (Å²) in [5, 5.41) is 12.2. The number of nitriles is 1. The smallest absolute Gasteiger partial charge is 0.142 e. The Kier molecular flexibility index (Phi) is 5.03. The lowest BCUT2D eigenvalue weighted by Gasteiger charge is -2.13. The first-order valence-electron chi connectivity index (χ1n) is 6.69. The Morgan fingerprint density at radius 3 is 2.85 bits per heavy atom. The van der Waals surface area contributed by atoms with E-state index in [2.05, 4.69) is 31.3 Å². The van der Waals surface area contributed by atoms with Crippen LogP contribution in [-0.4, -0.2) is 6.61 Å². The molecule has 1 aromatic carbocycles. The number of ether oxygens (including phenoxy) is 1. The summed E-state index contributed by atoms with van der Waals surface area (Å²) in [5.41, 5.74) is 2.18. The molecular formula is C16H18N2OS. The molecule has 4 heteroatoms. The summed E-state index contributed by atoms with van der Waals surface area (Å²) >= 11 is 1.51. The van der Waals surface area contributed by atoms with E-state index in [0.29, 0.717) is 6.54 Å². The predicted molar refractivity (Wildman–Crippen MR) is 83.3 cm³/mol. The number of thiophene rings is 1. The van der Waals surface area contributed by atoms with Crippen molar-refractivity contribution in [3.8, 4) is 11.8 Å². The van der Waals surface area contributed by atoms with Gasteiger partial charge in [0.2, 0.25) is 0 Å². The summed E-state index contributed by atoms with van der Waals surface area (Å²) < 4.78 is 5.77. The van der Waals surface area contributed by atoms with Crippen molar-refractivity contribution < 1.29 is 4.74 Å². The molecule has 0 amide bonds. The Bertz CT molecular complexity index is 613. The predicted octanol–water partition coefficient (Wildman–Crippen LogP) is 4.33. The minimum absolute atomic E-state index is 0.706. The Hall–Kier alpha value is -1.99. The lowest BCUT2D eigenvalue weighted by Crippen LogP contribution is -2.03. The van der Waals surface area contributed by atoms with Crippen LogP contribution in [0.25, 0.3) is 0 Å². The number of aryl methyl sites for hydroxylation is 1. The molecular weight excluding hydrogens is 268 g/mol. The maximum atomic E-state index is 8.83. The van der Waals surface area contributed by atoms with Gasteiger partial charge in [-0.3, -0.25) is 0 Å². The molecule has 1 heterocycles. The van der Waals surface area contributed by atoms with E-state index in [-0.39, 0.29) is 0 Å². The quantitative estimate of drug-likeness (QED) is 0.859. The molecule has 2 aromatic rings. The van der Waals surface area contributed by atoms with Gasteiger partial charge in [-0.25, -0.2) is 0 Å². The van der Waals surface area contributed by atoms with Crippen LogP contribution in [0.5, 0.6) is 5.75 Å². The second-order valence-electron chi connectivity index (χ2n) is 4.58. The van der Waals surface area contributed by atoms with Crippen LogP contribution in [0.15, 0.2) is 30.3 Å². The maximum Gasteiger partial charge on any atom is 0.142 e. The molecule has 0 fully saturated rings. The zero-order valence-electron chi connectivity index (χ0n) is 11.8. The first kappa shape index (κ1) is 14.4. The highest BCUT2D eigenvalue weighted by molar-refractivity contribution is 7.12. The van der Waals surface area contributed by atoms with Gasteiger partial charge < -0.3 is 10.1 Å². The van der Waals surface area contributed by atoms with Gasteiger partial charge in [0, 0.05) is 11.4 Å². The summed E-state index contributed by atoms with van der Waals surface area (Å²) in [4.78, 5) is 1.89. The highest BCUT2D eigenvalue weighted by Crippen LogP contribution is 2.27. The van der Waals surface area contributed by atoms with Gasteiger partial charge in [-0.1, -0.05) is 13.0 Å². The molecule has 0 aliphatic heterocycles. The van der Waals surface area contributed by atoms with Crippen LogP contribution in [-0.2, 0) is 6.54 Å². The average molecular weight is 286 g/mol. The van der Waals surface area contributed by atoms with Crippen molar-refractivity contribution in [3.05, 3.63) is 45.6 Å². The molecule has 104 valence electrons. The summed E-state index contributed by atoms with van der Waals surface area (Å²) in [6, 6.07) is 12.1. The van der Waals surface area contributed by atoms with Gasteiger partial charge in [0.15, 0.2) is 0 Å². The first-order chi connectivity index (χ1) is 9.72. The van der Waals surface area contributed by atoms with E-state index in [0.717, 1.165) is 34.2 Å². The van der Waals surface area contributed by atoms with E-state index >= 15 is 0 Å². The monoisotopic (exact) mass is 286 g/mol. The molecule has 0 bridgehead atoms. The van der Waals surface area contributed by atoms with Crippen LogP contribution in [0.2, 0.25) is 0 Å². The fourth-order valence-corrected chi connectivity index (χ4v) is 2.57. The zero-order valence-corrected chi connectivity index (χ0v) is 12.6. The molecule has 0 aliphatic rings. The number of hydrogen-bond donors (Lipinski definition) is 1. The minimum atomic E-state index is 0.706. The second-order valence-corrected chi connectivity index (χ2v) is 5.75. The molecule has 0 unspecified atom stereocenters. The van der Waals surface area contributed by atoms with Crippen molar-refractivity contribution in [2.75, 3.05) is 11.9 Å². The van der Waals surface area contributed by atoms with Crippen molar-refractivity contribution in [2.24, 2.45) is 0 Å². The van der Waals surface area contributed by atoms with E-state index in [9.17, 15) is 0 Å². The average Bonchev–Trinajstić information content (AvgIpc) is 2.92. The van der Waals surface area contributed by atoms with Crippen molar-refractivity contribution in [1.29, 1.82) is 5.26 Å². The number of hydrogen-bond acceptors (Lipinski definition) is 4. The van der Waals surface area contributed by atoms with E-state index in [1.165, 1.54) is 16.9 Å². The van der Waals surface area contributed by atoms with E-state index in [4.69, 9.17) is 10.00 Å². The third kappa shape index (κ3) is 3.75. The third-order valence-corrected chi connectivity index (χ3v) is 3.81. The number of nitrogens with zero attached hydrogens (tertiary/aromatic N) is 1. The largest absolute Gasteiger partial charge is 0.491 e. The van der Waals surface area contributed by atoms with Crippen molar-refractivity contribution >= 4 is 17.0 Å². The molecule has 0 saturated heterocycles. The summed E-state index contributed by atoms with van der Waals surface area (Å²) in [6.07, 6.45) is 0.990. The Balaban J connectivity index is 2.06. The standard InChI is InChI=1S/C16H18N2OS/c1-3-8-19-16-9-12(2)4-7-15(16)18-11-14-6-5-13(10-17)20-14/h4-7,9,18H,3,8,11H2,1-2H3. The van der Waals surface area contributed by atoms with E-state index < -0.39 is 0 Å². The Morgan fingerprint density at radius 2 is 2.15 bits per heavy atom. The van der Waals surface area contributed by atoms with Gasteiger partial charge in [0.25, 0.3) is 0 Å². The van der Waals surface area contributed by atoms with Crippen molar-refractivity contribution in [3.63, 3.8) is 0 Å². The lowest BCUT2D eigenvalue weighted by atomic mass is 10.2. The Morgan fingerprint density at radius 1 is 1.30 bits per heavy atom. The van der Waals surface area contributed by atoms with Crippen LogP contribution in [0, 0.1) is 18.3 Å². The lowest BCUT2D eigenvalue weighted by molar-refractivity contribution is 0.318. The van der Waals surface area contributed by atoms with Crippen LogP contribution in [0.1, 0.15) is 28.7 Å². The third-order valence-electron chi connectivity index (χ3n) is 2.82. The number of rotatable bonds is 6. The SMILES string of the molecule is CCCOc1cc(C)ccc1NCc1ccc(C#N)s1. The maximum absolute atomic E-state index is 8.83. The van der Waals surface area contributed by atoms with E-state index in [1.807, 2.05) is 24.3 Å². The number of anilines is 1. The second kappa shape index (κ2) is 6.97. The number of benzene rings is 1. The van der Waals surface area contributed by atoms with Gasteiger partial charge in [-0.05, 0) is 43.2 Å². The fourth-order valence-electron chi connectivity index (χ4n) is 1.82. The van der Waals surface area contributed by atoms with Gasteiger partial charge >= 0.3 is 0 Å². The van der Waals surface area contributed by atoms with Gasteiger partial charge in [-0.15, -0.1) is 11.3 Å². The Labute approximate surface area is 123 Å². The minimum Gasteiger partial charge on any atom is -0.491 e. The highest BCUT2D eigenvalue weighted by atomic mass is 32.1. The van der Waals surface area contributed by atoms with Gasteiger partial charge in [-0.2, -0.15) is 5.26 Å². The van der Waals surface area contributed by atoms with Gasteiger partial charge in [0.1, 0.15) is 16.7 Å². The van der Waals surface area contributed by atoms with E-state index in [1.54, 1.807) is 0 Å². The summed E-state index contributed by atoms with van der Waals surface area (Å²) in [7, 11) is 0. The number of nitrogens with one attached hydrogen (secondary N) is 1. The molecule has 3 nitrogen and oxygen atoms in total. The van der Waals surface area contributed by atoms with Crippen LogP contribution >= 0.6 is 11.3 Å². The molecule has 0 atom stereocenters. The molecule has 0 aliphatic carbocycles. The van der Waals surface area contributed by atoms with Crippen molar-refractivity contribution in [1.82, 2.24) is 0 Å².